The number of anilines is 1. The highest BCUT2D eigenvalue weighted by molar-refractivity contribution is 7.82. The number of morpholine rings is 1. The molecule has 2 heterocycles. The normalized spacial score (nSPS) is 17.7. The molecule has 1 saturated heterocycles. The summed E-state index contributed by atoms with van der Waals surface area (Å²) in [6, 6.07) is 16.3. The fourth-order valence-electron chi connectivity index (χ4n) is 3.43. The monoisotopic (exact) mass is 402 g/mol. The zero-order valence-electron chi connectivity index (χ0n) is 16.1. The number of nitrogens with zero attached hydrogens (tertiary/aromatic N) is 3. The molecule has 144 valence electrons. The van der Waals surface area contributed by atoms with Crippen molar-refractivity contribution in [3.63, 3.8) is 0 Å². The Balaban J connectivity index is 2.11. The van der Waals surface area contributed by atoms with E-state index < -0.39 is 7.21 Å². The van der Waals surface area contributed by atoms with Crippen molar-refractivity contribution in [3.8, 4) is 0 Å². The van der Waals surface area contributed by atoms with Gasteiger partial charge >= 0.3 is 0 Å². The summed E-state index contributed by atoms with van der Waals surface area (Å²) in [6.07, 6.45) is 1.75. The summed E-state index contributed by atoms with van der Waals surface area (Å²) in [5, 5.41) is 4.84. The number of hydrogen-bond acceptors (Lipinski definition) is 3. The molecule has 0 aliphatic carbocycles. The van der Waals surface area contributed by atoms with Gasteiger partial charge in [0.15, 0.2) is 5.11 Å². The van der Waals surface area contributed by atoms with Crippen LogP contribution >= 0.6 is 19.4 Å². The minimum absolute atomic E-state index is 0.0818. The maximum Gasteiger partial charge on any atom is 0.198 e. The van der Waals surface area contributed by atoms with Crippen LogP contribution in [-0.2, 0) is 4.74 Å². The minimum atomic E-state index is -2.15. The van der Waals surface area contributed by atoms with Gasteiger partial charge in [0.25, 0.3) is 0 Å². The first-order chi connectivity index (χ1) is 12.9. The molecule has 1 N–H and O–H groups in total. The third-order valence-corrected chi connectivity index (χ3v) is 9.51. The first kappa shape index (κ1) is 20.2. The molecular formula is C20H27N4OPS. The lowest BCUT2D eigenvalue weighted by atomic mass is 10.3. The number of benzene rings is 1. The summed E-state index contributed by atoms with van der Waals surface area (Å²) in [5.41, 5.74) is 0. The highest BCUT2D eigenvalue weighted by Gasteiger charge is 2.41. The highest BCUT2D eigenvalue weighted by atomic mass is 32.1. The lowest BCUT2D eigenvalue weighted by Crippen LogP contribution is -2.43. The molecule has 5 nitrogen and oxygen atoms in total. The molecule has 0 bridgehead atoms. The molecule has 1 aromatic heterocycles. The molecule has 3 rings (SSSR count). The fraction of sp³-hybridized carbons (Fsp3) is 0.400. The number of aromatic nitrogens is 1. The lowest BCUT2D eigenvalue weighted by Gasteiger charge is -2.46. The second-order valence-electron chi connectivity index (χ2n) is 7.42. The average molecular weight is 403 g/mol. The van der Waals surface area contributed by atoms with Crippen LogP contribution < -0.4 is 10.6 Å². The molecule has 0 radical (unpaired) electrons. The van der Waals surface area contributed by atoms with E-state index in [1.807, 2.05) is 24.3 Å². The van der Waals surface area contributed by atoms with Gasteiger partial charge in [-0.3, -0.25) is 4.67 Å². The summed E-state index contributed by atoms with van der Waals surface area (Å²) in [7, 11) is -2.15. The Morgan fingerprint density at radius 2 is 1.78 bits per heavy atom. The van der Waals surface area contributed by atoms with Gasteiger partial charge in [-0.1, -0.05) is 57.2 Å². The predicted octanol–water partition coefficient (Wildman–Crippen LogP) is 4.35. The number of hydrogen-bond donors (Lipinski definition) is 1. The Morgan fingerprint density at radius 1 is 1.11 bits per heavy atom. The smallest absolute Gasteiger partial charge is 0.198 e. The third-order valence-electron chi connectivity index (χ3n) is 4.58. The van der Waals surface area contributed by atoms with Crippen molar-refractivity contribution in [3.05, 3.63) is 54.7 Å². The Labute approximate surface area is 167 Å². The van der Waals surface area contributed by atoms with Gasteiger partial charge in [0.05, 0.1) is 20.4 Å². The van der Waals surface area contributed by atoms with Gasteiger partial charge in [-0.2, -0.15) is 0 Å². The van der Waals surface area contributed by atoms with Crippen molar-refractivity contribution in [1.82, 2.24) is 9.65 Å². The molecule has 0 amide bonds. The van der Waals surface area contributed by atoms with Crippen LogP contribution in [0.4, 0.5) is 5.82 Å². The van der Waals surface area contributed by atoms with E-state index in [0.29, 0.717) is 10.9 Å². The van der Waals surface area contributed by atoms with Gasteiger partial charge in [-0.25, -0.2) is 9.73 Å². The Hall–Kier alpha value is -1.59. The van der Waals surface area contributed by atoms with Crippen LogP contribution in [-0.4, -0.2) is 46.2 Å². The number of nitrogens with one attached hydrogen (secondary N) is 1. The van der Waals surface area contributed by atoms with Gasteiger partial charge in [0, 0.05) is 29.7 Å². The van der Waals surface area contributed by atoms with Gasteiger partial charge < -0.3 is 10.1 Å². The van der Waals surface area contributed by atoms with Crippen molar-refractivity contribution in [2.75, 3.05) is 31.6 Å². The van der Waals surface area contributed by atoms with Crippen LogP contribution in [0.25, 0.3) is 0 Å². The average Bonchev–Trinajstić information content (AvgIpc) is 2.67. The molecule has 7 heteroatoms. The van der Waals surface area contributed by atoms with Gasteiger partial charge in [-0.05, 0) is 24.4 Å². The van der Waals surface area contributed by atoms with Crippen molar-refractivity contribution in [2.24, 2.45) is 4.74 Å². The van der Waals surface area contributed by atoms with E-state index in [1.54, 1.807) is 6.20 Å². The maximum atomic E-state index is 5.67. The standard InChI is InChI=1S/C20H27N4OPS/c1-20(2,3)26(17-9-5-4-6-10-17,24-13-15-25-16-14-24)23-19(27)22-18-11-7-8-12-21-18/h4-12H,13-16H2,1-3H3,(H,21,22,27). The molecule has 1 aromatic carbocycles. The first-order valence-electron chi connectivity index (χ1n) is 9.17. The third kappa shape index (κ3) is 4.46. The van der Waals surface area contributed by atoms with Crippen molar-refractivity contribution in [2.45, 2.75) is 25.9 Å². The molecule has 1 atom stereocenters. The summed E-state index contributed by atoms with van der Waals surface area (Å²) in [4.78, 5) is 4.32. The molecule has 1 aliphatic heterocycles. The van der Waals surface area contributed by atoms with Crippen molar-refractivity contribution < 1.29 is 4.74 Å². The maximum absolute atomic E-state index is 5.67. The Kier molecular flexibility index (Phi) is 6.43. The fourth-order valence-corrected chi connectivity index (χ4v) is 8.02. The molecule has 0 saturated carbocycles. The van der Waals surface area contributed by atoms with E-state index in [4.69, 9.17) is 21.7 Å². The SMILES string of the molecule is CC(C)(C)P(=NC(=S)Nc1ccccn1)(c1ccccc1)N1CCOCC1. The van der Waals surface area contributed by atoms with Crippen LogP contribution in [0, 0.1) is 0 Å². The van der Waals surface area contributed by atoms with E-state index in [9.17, 15) is 0 Å². The van der Waals surface area contributed by atoms with E-state index >= 15 is 0 Å². The minimum Gasteiger partial charge on any atom is -0.379 e. The summed E-state index contributed by atoms with van der Waals surface area (Å²) < 4.78 is 13.3. The first-order valence-corrected chi connectivity index (χ1v) is 11.3. The van der Waals surface area contributed by atoms with Gasteiger partial charge in [-0.15, -0.1) is 0 Å². The second kappa shape index (κ2) is 8.61. The molecule has 0 spiro atoms. The van der Waals surface area contributed by atoms with Crippen LogP contribution in [0.1, 0.15) is 20.8 Å². The summed E-state index contributed by atoms with van der Waals surface area (Å²) in [6.45, 7) is 9.94. The number of rotatable bonds is 3. The van der Waals surface area contributed by atoms with Crippen LogP contribution in [0.5, 0.6) is 0 Å². The molecule has 2 aromatic rings. The summed E-state index contributed by atoms with van der Waals surface area (Å²) >= 11 is 5.67. The van der Waals surface area contributed by atoms with Crippen molar-refractivity contribution in [1.29, 1.82) is 0 Å². The largest absolute Gasteiger partial charge is 0.379 e. The van der Waals surface area contributed by atoms with Gasteiger partial charge in [0.1, 0.15) is 5.82 Å². The van der Waals surface area contributed by atoms with Crippen molar-refractivity contribution >= 4 is 35.7 Å². The quantitative estimate of drug-likeness (QED) is 0.611. The van der Waals surface area contributed by atoms with Gasteiger partial charge in [0.2, 0.25) is 0 Å². The molecule has 1 unspecified atom stereocenters. The Bertz CT molecular complexity index is 815. The molecule has 1 fully saturated rings. The zero-order valence-corrected chi connectivity index (χ0v) is 17.8. The van der Waals surface area contributed by atoms with Crippen LogP contribution in [0.15, 0.2) is 59.5 Å². The number of pyridine rings is 1. The Morgan fingerprint density at radius 3 is 2.37 bits per heavy atom. The summed E-state index contributed by atoms with van der Waals surface area (Å²) in [5.74, 6) is 0.716. The topological polar surface area (TPSA) is 49.8 Å². The second-order valence-corrected chi connectivity index (χ2v) is 11.6. The van der Waals surface area contributed by atoms with E-state index in [1.165, 1.54) is 5.30 Å². The zero-order chi connectivity index (χ0) is 19.3. The van der Waals surface area contributed by atoms with E-state index in [-0.39, 0.29) is 5.16 Å². The lowest BCUT2D eigenvalue weighted by molar-refractivity contribution is 0.0738. The molecular weight excluding hydrogens is 375 g/mol. The van der Waals surface area contributed by atoms with E-state index in [2.05, 4.69) is 60.0 Å². The molecule has 1 aliphatic rings. The predicted molar refractivity (Wildman–Crippen MR) is 118 cm³/mol. The molecule has 27 heavy (non-hydrogen) atoms. The van der Waals surface area contributed by atoms with Crippen LogP contribution in [0.2, 0.25) is 0 Å². The number of ether oxygens (including phenoxy) is 1. The highest BCUT2D eigenvalue weighted by Crippen LogP contribution is 2.62. The number of thiocarbonyl (C=S) groups is 1. The van der Waals surface area contributed by atoms with Crippen LogP contribution in [0.3, 0.4) is 0 Å². The van der Waals surface area contributed by atoms with E-state index in [0.717, 1.165) is 26.3 Å².